The maximum absolute atomic E-state index is 12.1. The molecule has 1 rings (SSSR count). The molecule has 0 bridgehead atoms. The molecule has 0 spiro atoms. The Labute approximate surface area is 104 Å². The van der Waals surface area contributed by atoms with Crippen molar-refractivity contribution in [1.29, 1.82) is 0 Å². The van der Waals surface area contributed by atoms with Crippen LogP contribution in [0, 0.1) is 0 Å². The van der Waals surface area contributed by atoms with Crippen molar-refractivity contribution in [3.63, 3.8) is 0 Å². The first-order valence-corrected chi connectivity index (χ1v) is 5.63. The lowest BCUT2D eigenvalue weighted by Gasteiger charge is -2.32. The van der Waals surface area contributed by atoms with E-state index in [1.54, 1.807) is 4.90 Å². The number of halogens is 1. The molecule has 2 unspecified atom stereocenters. The summed E-state index contributed by atoms with van der Waals surface area (Å²) in [6.45, 7) is 5.24. The number of nitrogens with zero attached hydrogens (tertiary/aromatic N) is 1. The van der Waals surface area contributed by atoms with Crippen molar-refractivity contribution in [3.05, 3.63) is 0 Å². The van der Waals surface area contributed by atoms with Crippen molar-refractivity contribution in [2.24, 2.45) is 5.73 Å². The number of rotatable bonds is 4. The van der Waals surface area contributed by atoms with Crippen LogP contribution in [0.3, 0.4) is 0 Å². The molecule has 0 aromatic heterocycles. The van der Waals surface area contributed by atoms with Gasteiger partial charge in [0.15, 0.2) is 0 Å². The van der Waals surface area contributed by atoms with Crippen molar-refractivity contribution < 1.29 is 9.53 Å². The molecule has 1 amide bonds. The van der Waals surface area contributed by atoms with Crippen LogP contribution in [0.2, 0.25) is 0 Å². The van der Waals surface area contributed by atoms with Crippen LogP contribution < -0.4 is 5.73 Å². The molecule has 1 fully saturated rings. The Kier molecular flexibility index (Phi) is 6.30. The zero-order valence-corrected chi connectivity index (χ0v) is 11.2. The van der Waals surface area contributed by atoms with E-state index in [-0.39, 0.29) is 24.4 Å². The fraction of sp³-hybridized carbons (Fsp3) is 0.909. The van der Waals surface area contributed by atoms with Gasteiger partial charge < -0.3 is 15.4 Å². The van der Waals surface area contributed by atoms with Gasteiger partial charge >= 0.3 is 0 Å². The molecular formula is C11H23ClN2O2. The minimum absolute atomic E-state index is 0. The number of ether oxygens (including phenoxy) is 1. The molecule has 1 saturated heterocycles. The predicted octanol–water partition coefficient (Wildman–Crippen LogP) is 1.17. The van der Waals surface area contributed by atoms with Crippen LogP contribution in [-0.2, 0) is 9.53 Å². The molecule has 0 radical (unpaired) electrons. The lowest BCUT2D eigenvalue weighted by atomic mass is 9.95. The van der Waals surface area contributed by atoms with Crippen LogP contribution in [0.25, 0.3) is 0 Å². The van der Waals surface area contributed by atoms with E-state index in [0.29, 0.717) is 6.61 Å². The molecule has 16 heavy (non-hydrogen) atoms. The number of hydrogen-bond acceptors (Lipinski definition) is 3. The zero-order chi connectivity index (χ0) is 11.5. The lowest BCUT2D eigenvalue weighted by molar-refractivity contribution is -0.137. The molecule has 1 aliphatic rings. The van der Waals surface area contributed by atoms with Crippen molar-refractivity contribution >= 4 is 18.3 Å². The van der Waals surface area contributed by atoms with Crippen molar-refractivity contribution in [2.75, 3.05) is 20.3 Å². The van der Waals surface area contributed by atoms with Crippen LogP contribution in [0.4, 0.5) is 0 Å². The van der Waals surface area contributed by atoms with Crippen LogP contribution in [-0.4, -0.2) is 42.6 Å². The summed E-state index contributed by atoms with van der Waals surface area (Å²) in [4.78, 5) is 13.8. The Balaban J connectivity index is 0.00000225. The van der Waals surface area contributed by atoms with Crippen LogP contribution >= 0.6 is 12.4 Å². The maximum Gasteiger partial charge on any atom is 0.242 e. The number of hydrogen-bond donors (Lipinski definition) is 1. The molecule has 2 N–H and O–H groups in total. The normalized spacial score (nSPS) is 23.4. The average Bonchev–Trinajstić information content (AvgIpc) is 2.68. The first-order chi connectivity index (χ1) is 6.99. The van der Waals surface area contributed by atoms with E-state index in [9.17, 15) is 4.79 Å². The summed E-state index contributed by atoms with van der Waals surface area (Å²) in [5.41, 5.74) is 5.28. The van der Waals surface area contributed by atoms with E-state index in [1.807, 2.05) is 20.9 Å². The highest BCUT2D eigenvalue weighted by atomic mass is 35.5. The first kappa shape index (κ1) is 15.7. The van der Waals surface area contributed by atoms with Gasteiger partial charge in [0, 0.05) is 13.7 Å². The molecule has 0 aromatic carbocycles. The standard InChI is InChI=1S/C11H22N2O2.ClH/c1-4-6-11(2,12)10(14)13(3)9-5-7-15-8-9;/h9H,4-8,12H2,1-3H3;1H. The van der Waals surface area contributed by atoms with E-state index >= 15 is 0 Å². The van der Waals surface area contributed by atoms with Gasteiger partial charge in [-0.25, -0.2) is 0 Å². The fourth-order valence-electron chi connectivity index (χ4n) is 2.02. The number of carbonyl (C=O) groups excluding carboxylic acids is 1. The summed E-state index contributed by atoms with van der Waals surface area (Å²) in [5.74, 6) is 0.0276. The van der Waals surface area contributed by atoms with Gasteiger partial charge in [0.25, 0.3) is 0 Å². The number of likely N-dealkylation sites (N-methyl/N-ethyl adjacent to an activating group) is 1. The summed E-state index contributed by atoms with van der Waals surface area (Å²) < 4.78 is 5.27. The highest BCUT2D eigenvalue weighted by molar-refractivity contribution is 5.86. The summed E-state index contributed by atoms with van der Waals surface area (Å²) in [6, 6.07) is 0.206. The minimum Gasteiger partial charge on any atom is -0.379 e. The smallest absolute Gasteiger partial charge is 0.242 e. The summed E-state index contributed by atoms with van der Waals surface area (Å²) in [5, 5.41) is 0. The Morgan fingerprint density at radius 2 is 2.25 bits per heavy atom. The van der Waals surface area contributed by atoms with E-state index < -0.39 is 5.54 Å². The third kappa shape index (κ3) is 3.61. The van der Waals surface area contributed by atoms with Gasteiger partial charge in [-0.05, 0) is 19.8 Å². The summed E-state index contributed by atoms with van der Waals surface area (Å²) in [6.07, 6.45) is 2.57. The first-order valence-electron chi connectivity index (χ1n) is 5.63. The third-order valence-corrected chi connectivity index (χ3v) is 3.03. The summed E-state index contributed by atoms with van der Waals surface area (Å²) in [7, 11) is 1.82. The topological polar surface area (TPSA) is 55.6 Å². The van der Waals surface area contributed by atoms with Gasteiger partial charge in [-0.2, -0.15) is 0 Å². The van der Waals surface area contributed by atoms with Gasteiger partial charge in [0.2, 0.25) is 5.91 Å². The second-order valence-electron chi connectivity index (χ2n) is 4.60. The molecule has 96 valence electrons. The third-order valence-electron chi connectivity index (χ3n) is 3.03. The molecule has 1 aliphatic heterocycles. The van der Waals surface area contributed by atoms with Gasteiger partial charge in [0.1, 0.15) is 0 Å². The number of carbonyl (C=O) groups is 1. The van der Waals surface area contributed by atoms with Gasteiger partial charge in [-0.15, -0.1) is 12.4 Å². The van der Waals surface area contributed by atoms with E-state index in [2.05, 4.69) is 0 Å². The Morgan fingerprint density at radius 3 is 2.69 bits per heavy atom. The van der Waals surface area contributed by atoms with Crippen LogP contribution in [0.5, 0.6) is 0 Å². The Bertz CT molecular complexity index is 228. The van der Waals surface area contributed by atoms with Crippen molar-refractivity contribution in [1.82, 2.24) is 4.90 Å². The molecule has 0 aliphatic carbocycles. The quantitative estimate of drug-likeness (QED) is 0.815. The molecule has 5 heteroatoms. The average molecular weight is 251 g/mol. The molecule has 0 saturated carbocycles. The summed E-state index contributed by atoms with van der Waals surface area (Å²) >= 11 is 0. The van der Waals surface area contributed by atoms with Crippen molar-refractivity contribution in [3.8, 4) is 0 Å². The van der Waals surface area contributed by atoms with Crippen LogP contribution in [0.15, 0.2) is 0 Å². The highest BCUT2D eigenvalue weighted by Crippen LogP contribution is 2.17. The van der Waals surface area contributed by atoms with Crippen molar-refractivity contribution in [2.45, 2.75) is 44.7 Å². The van der Waals surface area contributed by atoms with E-state index in [4.69, 9.17) is 10.5 Å². The highest BCUT2D eigenvalue weighted by Gasteiger charge is 2.34. The zero-order valence-electron chi connectivity index (χ0n) is 10.4. The fourth-order valence-corrected chi connectivity index (χ4v) is 2.02. The maximum atomic E-state index is 12.1. The number of amides is 1. The molecule has 2 atom stereocenters. The minimum atomic E-state index is -0.730. The van der Waals surface area contributed by atoms with Gasteiger partial charge in [-0.1, -0.05) is 13.3 Å². The number of nitrogens with two attached hydrogens (primary N) is 1. The van der Waals surface area contributed by atoms with Gasteiger partial charge in [-0.3, -0.25) is 4.79 Å². The lowest BCUT2D eigenvalue weighted by Crippen LogP contribution is -2.54. The van der Waals surface area contributed by atoms with E-state index in [0.717, 1.165) is 25.9 Å². The molecule has 1 heterocycles. The second-order valence-corrected chi connectivity index (χ2v) is 4.60. The Morgan fingerprint density at radius 1 is 1.62 bits per heavy atom. The molecule has 4 nitrogen and oxygen atoms in total. The second kappa shape index (κ2) is 6.42. The molecule has 0 aromatic rings. The predicted molar refractivity (Wildman–Crippen MR) is 66.7 cm³/mol. The Hall–Kier alpha value is -0.320. The largest absolute Gasteiger partial charge is 0.379 e. The SMILES string of the molecule is CCCC(C)(N)C(=O)N(C)C1CCOC1.Cl. The van der Waals surface area contributed by atoms with Crippen LogP contribution in [0.1, 0.15) is 33.1 Å². The van der Waals surface area contributed by atoms with Gasteiger partial charge in [0.05, 0.1) is 18.2 Å². The molecular weight excluding hydrogens is 228 g/mol. The monoisotopic (exact) mass is 250 g/mol. The van der Waals surface area contributed by atoms with E-state index in [1.165, 1.54) is 0 Å².